The van der Waals surface area contributed by atoms with Crippen molar-refractivity contribution in [3.05, 3.63) is 35.9 Å². The molecule has 0 bridgehead atoms. The van der Waals surface area contributed by atoms with E-state index >= 15 is 0 Å². The first-order chi connectivity index (χ1) is 9.50. The van der Waals surface area contributed by atoms with Crippen molar-refractivity contribution in [2.45, 2.75) is 44.6 Å². The number of methoxy groups -OCH3 is 1. The fraction of sp³-hybridized carbons (Fsp3) is 0.500. The third kappa shape index (κ3) is 4.78. The van der Waals surface area contributed by atoms with E-state index in [1.807, 2.05) is 30.3 Å². The van der Waals surface area contributed by atoms with Gasteiger partial charge in [0, 0.05) is 20.0 Å². The van der Waals surface area contributed by atoms with Crippen molar-refractivity contribution >= 4 is 11.8 Å². The van der Waals surface area contributed by atoms with E-state index in [0.717, 1.165) is 5.56 Å². The first-order valence-corrected chi connectivity index (χ1v) is 6.82. The highest BCUT2D eigenvalue weighted by atomic mass is 16.5. The predicted octanol–water partition coefficient (Wildman–Crippen LogP) is 2.85. The van der Waals surface area contributed by atoms with Gasteiger partial charge in [0.05, 0.1) is 0 Å². The van der Waals surface area contributed by atoms with Crippen LogP contribution in [-0.4, -0.2) is 29.6 Å². The summed E-state index contributed by atoms with van der Waals surface area (Å²) in [6, 6.07) is 9.72. The van der Waals surface area contributed by atoms with Crippen LogP contribution in [0.2, 0.25) is 0 Å². The van der Waals surface area contributed by atoms with Gasteiger partial charge < -0.3 is 9.84 Å². The lowest BCUT2D eigenvalue weighted by Crippen LogP contribution is -2.41. The summed E-state index contributed by atoms with van der Waals surface area (Å²) in [6.07, 6.45) is 2.41. The number of benzene rings is 1. The third-order valence-electron chi connectivity index (χ3n) is 3.59. The molecule has 1 atom stereocenters. The van der Waals surface area contributed by atoms with Crippen LogP contribution in [0, 0.1) is 0 Å². The van der Waals surface area contributed by atoms with E-state index in [-0.39, 0.29) is 12.2 Å². The first kappa shape index (κ1) is 16.4. The largest absolute Gasteiger partial charge is 0.481 e. The number of carbonyl (C=O) groups excluding carboxylic acids is 1. The Labute approximate surface area is 119 Å². The summed E-state index contributed by atoms with van der Waals surface area (Å²) in [6.45, 7) is 1.53. The lowest BCUT2D eigenvalue weighted by Gasteiger charge is -2.30. The SMILES string of the molecule is COC(CCCCC(=O)O)(Cc1ccccc1)C(C)=O. The number of carbonyl (C=O) groups is 2. The van der Waals surface area contributed by atoms with Crippen LogP contribution >= 0.6 is 0 Å². The number of rotatable bonds is 9. The molecule has 1 aromatic rings. The Bertz CT molecular complexity index is 441. The molecule has 0 saturated carbocycles. The van der Waals surface area contributed by atoms with Crippen molar-refractivity contribution in [2.75, 3.05) is 7.11 Å². The average Bonchev–Trinajstić information content (AvgIpc) is 2.43. The number of Topliss-reactive ketones (excluding diaryl/α,β-unsaturated/α-hetero) is 1. The van der Waals surface area contributed by atoms with Crippen molar-refractivity contribution in [1.82, 2.24) is 0 Å². The van der Waals surface area contributed by atoms with Gasteiger partial charge in [0.15, 0.2) is 5.78 Å². The number of ether oxygens (including phenoxy) is 1. The number of hydrogen-bond donors (Lipinski definition) is 1. The highest BCUT2D eigenvalue weighted by Crippen LogP contribution is 2.25. The monoisotopic (exact) mass is 278 g/mol. The fourth-order valence-electron chi connectivity index (χ4n) is 2.32. The molecule has 0 heterocycles. The van der Waals surface area contributed by atoms with E-state index in [1.54, 1.807) is 7.11 Å². The van der Waals surface area contributed by atoms with Gasteiger partial charge in [0.25, 0.3) is 0 Å². The molecule has 1 aromatic carbocycles. The van der Waals surface area contributed by atoms with Gasteiger partial charge in [-0.05, 0) is 31.7 Å². The average molecular weight is 278 g/mol. The summed E-state index contributed by atoms with van der Waals surface area (Å²) in [5, 5.41) is 8.65. The van der Waals surface area contributed by atoms with Crippen LogP contribution in [0.25, 0.3) is 0 Å². The van der Waals surface area contributed by atoms with Crippen molar-refractivity contribution in [2.24, 2.45) is 0 Å². The van der Waals surface area contributed by atoms with Crippen LogP contribution < -0.4 is 0 Å². The molecule has 110 valence electrons. The maximum Gasteiger partial charge on any atom is 0.303 e. The molecule has 0 aliphatic rings. The first-order valence-electron chi connectivity index (χ1n) is 6.82. The third-order valence-corrected chi connectivity index (χ3v) is 3.59. The quantitative estimate of drug-likeness (QED) is 0.705. The Hall–Kier alpha value is -1.68. The Morgan fingerprint density at radius 2 is 1.85 bits per heavy atom. The minimum atomic E-state index is -0.847. The fourth-order valence-corrected chi connectivity index (χ4v) is 2.32. The number of ketones is 1. The standard InChI is InChI=1S/C16H22O4/c1-13(17)16(20-2,11-7-6-10-15(18)19)12-14-8-4-3-5-9-14/h3-5,8-9H,6-7,10-12H2,1-2H3,(H,18,19). The molecule has 0 amide bonds. The molecule has 0 aromatic heterocycles. The van der Waals surface area contributed by atoms with Crippen LogP contribution in [-0.2, 0) is 20.7 Å². The van der Waals surface area contributed by atoms with E-state index in [1.165, 1.54) is 6.92 Å². The molecule has 1 rings (SSSR count). The smallest absolute Gasteiger partial charge is 0.303 e. The number of hydrogen-bond acceptors (Lipinski definition) is 3. The summed E-state index contributed by atoms with van der Waals surface area (Å²) < 4.78 is 5.51. The van der Waals surface area contributed by atoms with E-state index in [2.05, 4.69) is 0 Å². The van der Waals surface area contributed by atoms with Crippen LogP contribution in [0.15, 0.2) is 30.3 Å². The minimum absolute atomic E-state index is 0.0146. The summed E-state index contributed by atoms with van der Waals surface area (Å²) in [5.74, 6) is -0.821. The molecule has 1 N–H and O–H groups in total. The summed E-state index contributed by atoms with van der Waals surface area (Å²) in [7, 11) is 1.54. The van der Waals surface area contributed by atoms with Crippen LogP contribution in [0.4, 0.5) is 0 Å². The molecule has 0 aliphatic heterocycles. The van der Waals surface area contributed by atoms with Crippen LogP contribution in [0.1, 0.15) is 38.2 Å². The van der Waals surface area contributed by atoms with Crippen molar-refractivity contribution < 1.29 is 19.4 Å². The van der Waals surface area contributed by atoms with Gasteiger partial charge in [-0.15, -0.1) is 0 Å². The van der Waals surface area contributed by atoms with Crippen LogP contribution in [0.3, 0.4) is 0 Å². The number of unbranched alkanes of at least 4 members (excludes halogenated alkanes) is 1. The zero-order valence-corrected chi connectivity index (χ0v) is 12.1. The zero-order valence-electron chi connectivity index (χ0n) is 12.1. The highest BCUT2D eigenvalue weighted by Gasteiger charge is 2.34. The molecule has 0 fully saturated rings. The van der Waals surface area contributed by atoms with E-state index in [4.69, 9.17) is 9.84 Å². The lowest BCUT2D eigenvalue weighted by atomic mass is 9.85. The van der Waals surface area contributed by atoms with Crippen LogP contribution in [0.5, 0.6) is 0 Å². The Morgan fingerprint density at radius 1 is 1.20 bits per heavy atom. The molecule has 4 heteroatoms. The van der Waals surface area contributed by atoms with Crippen molar-refractivity contribution in [3.8, 4) is 0 Å². The van der Waals surface area contributed by atoms with Gasteiger partial charge in [-0.1, -0.05) is 30.3 Å². The maximum atomic E-state index is 12.0. The topological polar surface area (TPSA) is 63.6 Å². The van der Waals surface area contributed by atoms with Gasteiger partial charge in [-0.25, -0.2) is 0 Å². The minimum Gasteiger partial charge on any atom is -0.481 e. The van der Waals surface area contributed by atoms with Gasteiger partial charge in [-0.3, -0.25) is 9.59 Å². The highest BCUT2D eigenvalue weighted by molar-refractivity contribution is 5.85. The molecular formula is C16H22O4. The normalized spacial score (nSPS) is 13.7. The Balaban J connectivity index is 2.71. The molecule has 0 radical (unpaired) electrons. The molecule has 4 nitrogen and oxygen atoms in total. The number of carboxylic acid groups (broad SMARTS) is 1. The zero-order chi connectivity index (χ0) is 15.0. The molecule has 0 spiro atoms. The molecule has 1 unspecified atom stereocenters. The molecule has 0 saturated heterocycles. The second kappa shape index (κ2) is 7.80. The van der Waals surface area contributed by atoms with E-state index < -0.39 is 11.6 Å². The molecular weight excluding hydrogens is 256 g/mol. The summed E-state index contributed by atoms with van der Waals surface area (Å²) in [4.78, 5) is 22.5. The molecule has 0 aliphatic carbocycles. The Morgan fingerprint density at radius 3 is 2.35 bits per heavy atom. The maximum absolute atomic E-state index is 12.0. The second-order valence-corrected chi connectivity index (χ2v) is 5.02. The van der Waals surface area contributed by atoms with Gasteiger partial charge in [-0.2, -0.15) is 0 Å². The molecule has 20 heavy (non-hydrogen) atoms. The summed E-state index contributed by atoms with van der Waals surface area (Å²) >= 11 is 0. The number of carboxylic acids is 1. The summed E-state index contributed by atoms with van der Waals surface area (Å²) in [5.41, 5.74) is 0.197. The van der Waals surface area contributed by atoms with Gasteiger partial charge in [0.2, 0.25) is 0 Å². The van der Waals surface area contributed by atoms with E-state index in [9.17, 15) is 9.59 Å². The number of aliphatic carboxylic acids is 1. The van der Waals surface area contributed by atoms with E-state index in [0.29, 0.717) is 25.7 Å². The Kier molecular flexibility index (Phi) is 6.39. The van der Waals surface area contributed by atoms with Gasteiger partial charge >= 0.3 is 5.97 Å². The predicted molar refractivity (Wildman–Crippen MR) is 76.7 cm³/mol. The second-order valence-electron chi connectivity index (χ2n) is 5.02. The van der Waals surface area contributed by atoms with Crippen molar-refractivity contribution in [3.63, 3.8) is 0 Å². The van der Waals surface area contributed by atoms with Crippen molar-refractivity contribution in [1.29, 1.82) is 0 Å². The van der Waals surface area contributed by atoms with Gasteiger partial charge in [0.1, 0.15) is 5.60 Å². The lowest BCUT2D eigenvalue weighted by molar-refractivity contribution is -0.139.